The number of carbonyl (C=O) groups excluding carboxylic acids is 1. The van der Waals surface area contributed by atoms with E-state index in [1.807, 2.05) is 78.5 Å². The molecule has 0 atom stereocenters. The van der Waals surface area contributed by atoms with E-state index in [1.54, 1.807) is 17.5 Å². The Morgan fingerprint density at radius 3 is 2.13 bits per heavy atom. The van der Waals surface area contributed by atoms with E-state index in [9.17, 15) is 4.79 Å². The van der Waals surface area contributed by atoms with Crippen LogP contribution in [0.15, 0.2) is 71.6 Å². The first kappa shape index (κ1) is 34.9. The van der Waals surface area contributed by atoms with E-state index in [4.69, 9.17) is 18.3 Å². The normalized spacial score (nSPS) is 12.4. The van der Waals surface area contributed by atoms with Crippen LogP contribution in [0.25, 0.3) is 22.5 Å². The molecule has 1 N–H and O–H groups in total. The van der Waals surface area contributed by atoms with Crippen LogP contribution in [-0.4, -0.2) is 50.0 Å². The van der Waals surface area contributed by atoms with Gasteiger partial charge in [-0.25, -0.2) is 9.97 Å². The molecule has 2 aromatic carbocycles. The molecule has 4 rings (SSSR count). The molecule has 0 aliphatic rings. The summed E-state index contributed by atoms with van der Waals surface area (Å²) in [6, 6.07) is 18.1. The van der Waals surface area contributed by atoms with Crippen molar-refractivity contribution >= 4 is 50.9 Å². The van der Waals surface area contributed by atoms with Gasteiger partial charge in [0.1, 0.15) is 17.7 Å². The number of amides is 1. The van der Waals surface area contributed by atoms with E-state index in [0.717, 1.165) is 33.7 Å². The number of aromatic nitrogens is 2. The lowest BCUT2D eigenvalue weighted by molar-refractivity contribution is -0.115. The van der Waals surface area contributed by atoms with Crippen molar-refractivity contribution in [2.24, 2.45) is 0 Å². The molecule has 7 nitrogen and oxygen atoms in total. The maximum atomic E-state index is 13.2. The second kappa shape index (κ2) is 14.7. The first-order chi connectivity index (χ1) is 21.2. The monoisotopic (exact) mass is 673 g/mol. The van der Waals surface area contributed by atoms with Gasteiger partial charge in [0.25, 0.3) is 0 Å². The molecule has 2 aromatic heterocycles. The van der Waals surface area contributed by atoms with Gasteiger partial charge < -0.3 is 18.6 Å². The van der Waals surface area contributed by atoms with Crippen LogP contribution in [0, 0.1) is 0 Å². The second-order valence-electron chi connectivity index (χ2n) is 13.0. The largest absolute Gasteiger partial charge is 0.544 e. The van der Waals surface area contributed by atoms with Gasteiger partial charge in [0.15, 0.2) is 5.82 Å². The molecule has 11 heteroatoms. The van der Waals surface area contributed by atoms with E-state index in [2.05, 4.69) is 58.0 Å². The Morgan fingerprint density at radius 1 is 0.933 bits per heavy atom. The van der Waals surface area contributed by atoms with Crippen molar-refractivity contribution in [2.75, 3.05) is 5.32 Å². The zero-order valence-corrected chi connectivity index (χ0v) is 31.5. The number of rotatable bonds is 13. The van der Waals surface area contributed by atoms with E-state index in [1.165, 1.54) is 0 Å². The maximum absolute atomic E-state index is 13.2. The van der Waals surface area contributed by atoms with Crippen molar-refractivity contribution in [3.63, 3.8) is 0 Å². The molecule has 1 amide bonds. The van der Waals surface area contributed by atoms with Gasteiger partial charge in [0, 0.05) is 21.9 Å². The second-order valence-corrected chi connectivity index (χ2v) is 19.8. The van der Waals surface area contributed by atoms with Gasteiger partial charge in [-0.05, 0) is 78.1 Å². The summed E-state index contributed by atoms with van der Waals surface area (Å²) in [4.78, 5) is 22.8. The van der Waals surface area contributed by atoms with Gasteiger partial charge in [0.2, 0.25) is 33.8 Å². The summed E-state index contributed by atoms with van der Waals surface area (Å²) in [5.74, 6) is 1.15. The van der Waals surface area contributed by atoms with Gasteiger partial charge >= 0.3 is 0 Å². The third-order valence-corrected chi connectivity index (χ3v) is 14.2. The summed E-state index contributed by atoms with van der Waals surface area (Å²) in [5, 5.41) is 7.13. The van der Waals surface area contributed by atoms with Crippen molar-refractivity contribution in [3.05, 3.63) is 82.7 Å². The lowest BCUT2D eigenvalue weighted by Crippen LogP contribution is -2.43. The molecule has 0 aliphatic carbocycles. The average molecular weight is 674 g/mol. The van der Waals surface area contributed by atoms with Gasteiger partial charge in [-0.15, -0.1) is 0 Å². The molecule has 0 spiro atoms. The lowest BCUT2D eigenvalue weighted by Gasteiger charge is -2.36. The Balaban J connectivity index is 1.50. The van der Waals surface area contributed by atoms with Crippen LogP contribution >= 0.6 is 11.3 Å². The van der Waals surface area contributed by atoms with E-state index < -0.39 is 8.32 Å². The van der Waals surface area contributed by atoms with Crippen LogP contribution in [-0.2, 0) is 25.5 Å². The molecule has 0 saturated heterocycles. The predicted octanol–water partition coefficient (Wildman–Crippen LogP) is 8.41. The van der Waals surface area contributed by atoms with E-state index in [0.29, 0.717) is 31.0 Å². The highest BCUT2D eigenvalue weighted by molar-refractivity contribution is 7.08. The highest BCUT2D eigenvalue weighted by atomic mass is 32.1. The topological polar surface area (TPSA) is 82.6 Å². The van der Waals surface area contributed by atoms with Gasteiger partial charge in [-0.2, -0.15) is 11.3 Å². The highest BCUT2D eigenvalue weighted by Crippen LogP contribution is 2.38. The van der Waals surface area contributed by atoms with Crippen LogP contribution in [0.5, 0.6) is 5.75 Å². The molecule has 236 valence electrons. The number of hydrogen-bond donors (Lipinski definition) is 1. The fourth-order valence-electron chi connectivity index (χ4n) is 4.44. The number of carbonyl (C=O) groups is 1. The SMILES string of the molecule is C[Si]OC(O[Si]C)C(C)(C)c1ccc(CC(=O)Nc2ncc(-c3ccc(O[Si](C)(C)C(C)(C)C)cc3)nc2-c2ccsc2)cc1. The Labute approximate surface area is 278 Å². The molecule has 4 aromatic rings. The summed E-state index contributed by atoms with van der Waals surface area (Å²) in [5.41, 5.74) is 4.87. The molecular formula is C34H43N3O4SSi3. The van der Waals surface area contributed by atoms with Crippen molar-refractivity contribution in [1.29, 1.82) is 0 Å². The first-order valence-electron chi connectivity index (χ1n) is 15.0. The Hall–Kier alpha value is -2.94. The van der Waals surface area contributed by atoms with Crippen LogP contribution in [0.3, 0.4) is 0 Å². The van der Waals surface area contributed by atoms with E-state index in [-0.39, 0.29) is 29.1 Å². The zero-order valence-electron chi connectivity index (χ0n) is 27.6. The standard InChI is InChI=1S/C34H43N3O4SSi3/c1-33(2,3)45(8,9)41-27-16-12-24(13-17-27)28-21-35-31(30(36-28)25-18-19-42-22-25)37-29(38)20-23-10-14-26(15-11-23)34(4,5)32(39-43-6)40-44-7/h10-19,21-22,32H,20H2,1-9H3,(H,35,37,38). The molecule has 0 unspecified atom stereocenters. The predicted molar refractivity (Wildman–Crippen MR) is 190 cm³/mol. The third kappa shape index (κ3) is 8.66. The maximum Gasteiger partial charge on any atom is 0.250 e. The molecule has 0 saturated carbocycles. The summed E-state index contributed by atoms with van der Waals surface area (Å²) >= 11 is 1.58. The minimum Gasteiger partial charge on any atom is -0.544 e. The van der Waals surface area contributed by atoms with Crippen LogP contribution in [0.2, 0.25) is 31.2 Å². The van der Waals surface area contributed by atoms with Crippen LogP contribution in [0.4, 0.5) is 5.82 Å². The Kier molecular flexibility index (Phi) is 11.4. The number of nitrogens with zero attached hydrogens (tertiary/aromatic N) is 2. The fourth-order valence-corrected chi connectivity index (χ4v) is 7.33. The minimum atomic E-state index is -1.94. The Morgan fingerprint density at radius 2 is 1.58 bits per heavy atom. The molecule has 2 heterocycles. The number of thiophene rings is 1. The molecule has 4 radical (unpaired) electrons. The average Bonchev–Trinajstić information content (AvgIpc) is 3.52. The molecular weight excluding hydrogens is 631 g/mol. The number of anilines is 1. The number of benzene rings is 2. The fraction of sp³-hybridized carbons (Fsp3) is 0.382. The summed E-state index contributed by atoms with van der Waals surface area (Å²) < 4.78 is 18.3. The zero-order chi connectivity index (χ0) is 32.8. The molecule has 0 fully saturated rings. The van der Waals surface area contributed by atoms with E-state index >= 15 is 0 Å². The molecule has 0 bridgehead atoms. The number of nitrogens with one attached hydrogen (secondary N) is 1. The van der Waals surface area contributed by atoms with Gasteiger partial charge in [-0.3, -0.25) is 4.79 Å². The smallest absolute Gasteiger partial charge is 0.250 e. The van der Waals surface area contributed by atoms with Crippen molar-refractivity contribution < 1.29 is 18.1 Å². The summed E-state index contributed by atoms with van der Waals surface area (Å²) in [7, 11) is -1.27. The summed E-state index contributed by atoms with van der Waals surface area (Å²) in [6.07, 6.45) is 1.59. The van der Waals surface area contributed by atoms with Crippen LogP contribution < -0.4 is 9.74 Å². The van der Waals surface area contributed by atoms with Gasteiger partial charge in [-0.1, -0.05) is 58.9 Å². The summed E-state index contributed by atoms with van der Waals surface area (Å²) in [6.45, 7) is 19.4. The Bertz CT molecular complexity index is 1550. The third-order valence-electron chi connectivity index (χ3n) is 8.26. The van der Waals surface area contributed by atoms with Crippen molar-refractivity contribution in [2.45, 2.75) is 84.0 Å². The first-order valence-corrected chi connectivity index (χ1v) is 21.6. The van der Waals surface area contributed by atoms with Crippen molar-refractivity contribution in [1.82, 2.24) is 9.97 Å². The quantitative estimate of drug-likeness (QED) is 0.113. The molecule has 45 heavy (non-hydrogen) atoms. The van der Waals surface area contributed by atoms with Crippen LogP contribution in [0.1, 0.15) is 45.7 Å². The highest BCUT2D eigenvalue weighted by Gasteiger charge is 2.39. The number of hydrogen-bond acceptors (Lipinski definition) is 7. The van der Waals surface area contributed by atoms with Crippen molar-refractivity contribution in [3.8, 4) is 28.3 Å². The lowest BCUT2D eigenvalue weighted by atomic mass is 9.83. The molecule has 0 aliphatic heterocycles. The van der Waals surface area contributed by atoms with Gasteiger partial charge in [0.05, 0.1) is 18.3 Å². The minimum absolute atomic E-state index is 0.116.